The minimum Gasteiger partial charge on any atom is -0.347 e. The molecule has 6 aliphatic rings. The molecular formula is C26H39N3O2S. The molecule has 0 spiro atoms. The van der Waals surface area contributed by atoms with Crippen molar-refractivity contribution < 1.29 is 9.59 Å². The molecule has 2 amide bonds. The zero-order valence-corrected chi connectivity index (χ0v) is 21.0. The lowest BCUT2D eigenvalue weighted by atomic mass is 9.48. The van der Waals surface area contributed by atoms with E-state index in [1.807, 2.05) is 0 Å². The monoisotopic (exact) mass is 457 g/mol. The van der Waals surface area contributed by atoms with Crippen LogP contribution in [0.25, 0.3) is 0 Å². The predicted octanol–water partition coefficient (Wildman–Crippen LogP) is 5.28. The van der Waals surface area contributed by atoms with Crippen LogP contribution in [0.5, 0.6) is 0 Å². The summed E-state index contributed by atoms with van der Waals surface area (Å²) in [5.74, 6) is 1.56. The highest BCUT2D eigenvalue weighted by Crippen LogP contribution is 2.62. The van der Waals surface area contributed by atoms with E-state index in [1.165, 1.54) is 49.1 Å². The van der Waals surface area contributed by atoms with Crippen LogP contribution in [0.4, 0.5) is 0 Å². The zero-order chi connectivity index (χ0) is 22.6. The smallest absolute Gasteiger partial charge is 0.254 e. The Bertz CT molecular complexity index is 846. The fourth-order valence-corrected chi connectivity index (χ4v) is 8.35. The lowest BCUT2D eigenvalue weighted by molar-refractivity contribution is -0.140. The highest BCUT2D eigenvalue weighted by molar-refractivity contribution is 8.13. The number of allylic oxidation sites excluding steroid dienone is 2. The number of hydrogen-bond donors (Lipinski definition) is 0. The van der Waals surface area contributed by atoms with Crippen LogP contribution in [0.1, 0.15) is 79.1 Å². The van der Waals surface area contributed by atoms with E-state index in [-0.39, 0.29) is 35.0 Å². The van der Waals surface area contributed by atoms with Crippen LogP contribution in [0.3, 0.4) is 0 Å². The number of carbonyl (C=O) groups is 2. The molecule has 2 saturated heterocycles. The van der Waals surface area contributed by atoms with Gasteiger partial charge in [-0.05, 0) is 56.8 Å². The molecule has 0 radical (unpaired) electrons. The van der Waals surface area contributed by atoms with Crippen molar-refractivity contribution in [3.8, 4) is 0 Å². The molecule has 5 nitrogen and oxygen atoms in total. The second kappa shape index (κ2) is 8.48. The summed E-state index contributed by atoms with van der Waals surface area (Å²) in [6.07, 6.45) is 11.9. The van der Waals surface area contributed by atoms with E-state index in [0.29, 0.717) is 17.9 Å². The van der Waals surface area contributed by atoms with E-state index in [1.54, 1.807) is 11.8 Å². The van der Waals surface area contributed by atoms with Crippen molar-refractivity contribution >= 4 is 28.7 Å². The topological polar surface area (TPSA) is 53.0 Å². The molecule has 0 unspecified atom stereocenters. The number of hydrogen-bond acceptors (Lipinski definition) is 4. The standard InChI is InChI=1S/C26H39N3O2S/c1-16(2)20-15-26(4)17(3)14-19(20)21-22(26)24(31)29(23(21)30)27-25-28(12-8-9-13-32-25)18-10-6-5-7-11-18/h14,16,18-22H,5-13,15H2,1-4H3/b27-25-/t19-,20-,21+,22-,26-/m1/s1. The summed E-state index contributed by atoms with van der Waals surface area (Å²) in [7, 11) is 0. The number of fused-ring (bicyclic) bond motifs is 1. The van der Waals surface area contributed by atoms with Gasteiger partial charge in [-0.25, -0.2) is 0 Å². The normalized spacial score (nSPS) is 39.7. The van der Waals surface area contributed by atoms with Gasteiger partial charge in [0.1, 0.15) is 0 Å². The van der Waals surface area contributed by atoms with Gasteiger partial charge in [0, 0.05) is 23.8 Å². The second-order valence-electron chi connectivity index (χ2n) is 11.4. The van der Waals surface area contributed by atoms with E-state index in [2.05, 4.69) is 38.7 Å². The molecular weight excluding hydrogens is 418 g/mol. The Morgan fingerprint density at radius 3 is 2.56 bits per heavy atom. The van der Waals surface area contributed by atoms with Crippen molar-refractivity contribution in [3.05, 3.63) is 11.6 Å². The first-order chi connectivity index (χ1) is 15.3. The third-order valence-electron chi connectivity index (χ3n) is 9.25. The van der Waals surface area contributed by atoms with Gasteiger partial charge in [0.25, 0.3) is 11.8 Å². The van der Waals surface area contributed by atoms with Gasteiger partial charge in [-0.1, -0.05) is 63.4 Å². The maximum Gasteiger partial charge on any atom is 0.254 e. The molecule has 32 heavy (non-hydrogen) atoms. The van der Waals surface area contributed by atoms with Gasteiger partial charge in [0.15, 0.2) is 5.17 Å². The molecule has 6 rings (SSSR count). The minimum atomic E-state index is -0.247. The number of nitrogens with zero attached hydrogens (tertiary/aromatic N) is 3. The number of amides is 2. The molecule has 2 bridgehead atoms. The van der Waals surface area contributed by atoms with Gasteiger partial charge in [0.05, 0.1) is 11.8 Å². The van der Waals surface area contributed by atoms with E-state index in [0.717, 1.165) is 30.3 Å². The molecule has 0 aromatic rings. The van der Waals surface area contributed by atoms with E-state index >= 15 is 0 Å². The highest BCUT2D eigenvalue weighted by Gasteiger charge is 2.65. The molecule has 176 valence electrons. The van der Waals surface area contributed by atoms with Crippen molar-refractivity contribution in [3.63, 3.8) is 0 Å². The van der Waals surface area contributed by atoms with Gasteiger partial charge >= 0.3 is 0 Å². The summed E-state index contributed by atoms with van der Waals surface area (Å²) in [5.41, 5.74) is 1.07. The van der Waals surface area contributed by atoms with Crippen LogP contribution >= 0.6 is 11.8 Å². The van der Waals surface area contributed by atoms with Crippen molar-refractivity contribution in [2.24, 2.45) is 40.1 Å². The van der Waals surface area contributed by atoms with Crippen LogP contribution in [0, 0.1) is 35.0 Å². The maximum atomic E-state index is 13.8. The number of hydrazone groups is 1. The van der Waals surface area contributed by atoms with Crippen LogP contribution in [-0.2, 0) is 9.59 Å². The first-order valence-electron chi connectivity index (χ1n) is 12.9. The van der Waals surface area contributed by atoms with Gasteiger partial charge in [-0.15, -0.1) is 5.10 Å². The van der Waals surface area contributed by atoms with Crippen molar-refractivity contribution in [2.75, 3.05) is 12.3 Å². The first kappa shape index (κ1) is 22.5. The second-order valence-corrected chi connectivity index (χ2v) is 12.4. The van der Waals surface area contributed by atoms with Crippen LogP contribution in [0.2, 0.25) is 0 Å². The molecule has 5 atom stereocenters. The average molecular weight is 458 g/mol. The number of amidine groups is 1. The Hall–Kier alpha value is -1.30. The summed E-state index contributed by atoms with van der Waals surface area (Å²) >= 11 is 1.75. The van der Waals surface area contributed by atoms with Crippen LogP contribution < -0.4 is 0 Å². The van der Waals surface area contributed by atoms with Crippen molar-refractivity contribution in [1.82, 2.24) is 9.91 Å². The Morgan fingerprint density at radius 2 is 1.84 bits per heavy atom. The highest BCUT2D eigenvalue weighted by atomic mass is 32.2. The molecule has 0 aromatic heterocycles. The lowest BCUT2D eigenvalue weighted by Gasteiger charge is -2.54. The van der Waals surface area contributed by atoms with Crippen molar-refractivity contribution in [1.29, 1.82) is 0 Å². The molecule has 4 fully saturated rings. The van der Waals surface area contributed by atoms with E-state index in [9.17, 15) is 9.59 Å². The Morgan fingerprint density at radius 1 is 1.09 bits per heavy atom. The fraction of sp³-hybridized carbons (Fsp3) is 0.808. The number of carbonyl (C=O) groups excluding carboxylic acids is 2. The summed E-state index contributed by atoms with van der Waals surface area (Å²) in [6.45, 7) is 9.90. The van der Waals surface area contributed by atoms with Gasteiger partial charge < -0.3 is 4.90 Å². The van der Waals surface area contributed by atoms with Gasteiger partial charge in [-0.3, -0.25) is 9.59 Å². The Kier molecular flexibility index (Phi) is 5.96. The largest absolute Gasteiger partial charge is 0.347 e. The Balaban J connectivity index is 1.48. The molecule has 4 aliphatic carbocycles. The molecule has 2 aliphatic heterocycles. The minimum absolute atomic E-state index is 0.0498. The molecule has 2 saturated carbocycles. The average Bonchev–Trinajstić information content (AvgIpc) is 2.93. The number of thioether (sulfide) groups is 1. The summed E-state index contributed by atoms with van der Waals surface area (Å²) in [5, 5.41) is 7.11. The van der Waals surface area contributed by atoms with Crippen LogP contribution in [-0.4, -0.2) is 45.2 Å². The molecule has 2 heterocycles. The van der Waals surface area contributed by atoms with E-state index in [4.69, 9.17) is 5.10 Å². The van der Waals surface area contributed by atoms with Crippen LogP contribution in [0.15, 0.2) is 16.8 Å². The molecule has 0 N–H and O–H groups in total. The van der Waals surface area contributed by atoms with E-state index < -0.39 is 0 Å². The number of imide groups is 1. The fourth-order valence-electron chi connectivity index (χ4n) is 7.27. The summed E-state index contributed by atoms with van der Waals surface area (Å²) < 4.78 is 0. The van der Waals surface area contributed by atoms with Gasteiger partial charge in [0.2, 0.25) is 0 Å². The third-order valence-corrected chi connectivity index (χ3v) is 10.3. The lowest BCUT2D eigenvalue weighted by Crippen LogP contribution is -2.52. The SMILES string of the molecule is CC1=C[C@H]2[C@@H]3C(=O)N(/N=C4\SCCCCN4C4CCCCC4)C(=O)[C@@H]3[C@]1(C)C[C@@H]2C(C)C. The zero-order valence-electron chi connectivity index (χ0n) is 20.2. The summed E-state index contributed by atoms with van der Waals surface area (Å²) in [6, 6.07) is 0.506. The molecule has 0 aromatic carbocycles. The molecule has 6 heteroatoms. The Labute approximate surface area is 197 Å². The quantitative estimate of drug-likeness (QED) is 0.427. The van der Waals surface area contributed by atoms with Gasteiger partial charge in [-0.2, -0.15) is 5.01 Å². The maximum absolute atomic E-state index is 13.8. The summed E-state index contributed by atoms with van der Waals surface area (Å²) in [4.78, 5) is 29.9. The third kappa shape index (κ3) is 3.47. The number of rotatable bonds is 3. The predicted molar refractivity (Wildman–Crippen MR) is 130 cm³/mol. The first-order valence-corrected chi connectivity index (χ1v) is 13.9. The van der Waals surface area contributed by atoms with Crippen molar-refractivity contribution in [2.45, 2.75) is 85.1 Å².